The number of carbonyl (C=O) groups excluding carboxylic acids is 1. The summed E-state index contributed by atoms with van der Waals surface area (Å²) >= 11 is 5.95. The quantitative estimate of drug-likeness (QED) is 0.354. The van der Waals surface area contributed by atoms with E-state index in [-0.39, 0.29) is 17.6 Å². The van der Waals surface area contributed by atoms with E-state index in [1.54, 1.807) is 30.3 Å². The number of nitrogens with zero attached hydrogens (tertiary/aromatic N) is 3. The molecule has 170 valence electrons. The van der Waals surface area contributed by atoms with Crippen LogP contribution in [0.15, 0.2) is 61.3 Å². The molecule has 1 aromatic carbocycles. The van der Waals surface area contributed by atoms with Gasteiger partial charge < -0.3 is 26.0 Å². The van der Waals surface area contributed by atoms with Gasteiger partial charge in [0, 0.05) is 36.1 Å². The summed E-state index contributed by atoms with van der Waals surface area (Å²) in [5.74, 6) is 1.27. The predicted octanol–water partition coefficient (Wildman–Crippen LogP) is 3.67. The molecule has 1 fully saturated rings. The van der Waals surface area contributed by atoms with Gasteiger partial charge in [-0.3, -0.25) is 4.79 Å². The Hall–Kier alpha value is -3.69. The second kappa shape index (κ2) is 10.8. The topological polar surface area (TPSA) is 113 Å². The minimum absolute atomic E-state index is 0.0854. The summed E-state index contributed by atoms with van der Waals surface area (Å²) in [6.45, 7) is 5.66. The van der Waals surface area contributed by atoms with Gasteiger partial charge >= 0.3 is 0 Å². The first-order chi connectivity index (χ1) is 16.1. The van der Waals surface area contributed by atoms with Crippen LogP contribution < -0.4 is 26.0 Å². The smallest absolute Gasteiger partial charge is 0.256 e. The maximum atomic E-state index is 12.7. The summed E-state index contributed by atoms with van der Waals surface area (Å²) in [4.78, 5) is 25.9. The highest BCUT2D eigenvalue weighted by atomic mass is 35.5. The Kier molecular flexibility index (Phi) is 7.33. The molecule has 9 nitrogen and oxygen atoms in total. The molecule has 0 bridgehead atoms. The van der Waals surface area contributed by atoms with Crippen molar-refractivity contribution in [2.45, 2.75) is 12.5 Å². The average molecular weight is 466 g/mol. The molecular weight excluding hydrogens is 442 g/mol. The van der Waals surface area contributed by atoms with Gasteiger partial charge in [0.2, 0.25) is 11.8 Å². The molecule has 3 aromatic rings. The van der Waals surface area contributed by atoms with Crippen molar-refractivity contribution in [2.75, 3.05) is 30.3 Å². The molecule has 2 aromatic heterocycles. The van der Waals surface area contributed by atoms with E-state index < -0.39 is 0 Å². The van der Waals surface area contributed by atoms with Crippen molar-refractivity contribution < 1.29 is 9.53 Å². The van der Waals surface area contributed by atoms with E-state index in [2.05, 4.69) is 42.8 Å². The zero-order chi connectivity index (χ0) is 23.0. The van der Waals surface area contributed by atoms with Gasteiger partial charge in [0.1, 0.15) is 23.3 Å². The van der Waals surface area contributed by atoms with Gasteiger partial charge in [-0.05, 0) is 43.3 Å². The SMILES string of the molecule is C=CCNC(=O)c1cnc(Nc2ccc(Cl)cc2)nc1Nc1cccc(OC2CCNC2)n1. The molecular formula is C23H24ClN7O2. The van der Waals surface area contributed by atoms with Crippen LogP contribution in [-0.4, -0.2) is 46.6 Å². The van der Waals surface area contributed by atoms with E-state index >= 15 is 0 Å². The molecule has 1 atom stereocenters. The zero-order valence-electron chi connectivity index (χ0n) is 17.8. The first kappa shape index (κ1) is 22.5. The van der Waals surface area contributed by atoms with Crippen LogP contribution in [0, 0.1) is 0 Å². The van der Waals surface area contributed by atoms with Gasteiger partial charge in [-0.25, -0.2) is 4.98 Å². The minimum Gasteiger partial charge on any atom is -0.473 e. The van der Waals surface area contributed by atoms with E-state index in [1.807, 2.05) is 18.2 Å². The lowest BCUT2D eigenvalue weighted by Crippen LogP contribution is -2.25. The van der Waals surface area contributed by atoms with Crippen molar-refractivity contribution in [3.05, 3.63) is 71.9 Å². The molecule has 1 saturated heterocycles. The number of ether oxygens (including phenoxy) is 1. The number of pyridine rings is 1. The first-order valence-electron chi connectivity index (χ1n) is 10.5. The largest absolute Gasteiger partial charge is 0.473 e. The van der Waals surface area contributed by atoms with Crippen molar-refractivity contribution in [3.8, 4) is 5.88 Å². The van der Waals surface area contributed by atoms with Crippen LogP contribution in [0.1, 0.15) is 16.8 Å². The van der Waals surface area contributed by atoms with Crippen molar-refractivity contribution >= 4 is 40.8 Å². The van der Waals surface area contributed by atoms with E-state index in [4.69, 9.17) is 16.3 Å². The summed E-state index contributed by atoms with van der Waals surface area (Å²) < 4.78 is 5.94. The van der Waals surface area contributed by atoms with Crippen LogP contribution in [0.5, 0.6) is 5.88 Å². The Bertz CT molecular complexity index is 1120. The van der Waals surface area contributed by atoms with Gasteiger partial charge in [0.15, 0.2) is 0 Å². The molecule has 10 heteroatoms. The second-order valence-electron chi connectivity index (χ2n) is 7.31. The van der Waals surface area contributed by atoms with Gasteiger partial charge in [-0.2, -0.15) is 9.97 Å². The van der Waals surface area contributed by atoms with Gasteiger partial charge in [-0.15, -0.1) is 6.58 Å². The first-order valence-corrected chi connectivity index (χ1v) is 10.9. The van der Waals surface area contributed by atoms with Crippen LogP contribution >= 0.6 is 11.6 Å². The van der Waals surface area contributed by atoms with Gasteiger partial charge in [0.05, 0.1) is 0 Å². The number of rotatable bonds is 9. The normalized spacial score (nSPS) is 15.0. The summed E-state index contributed by atoms with van der Waals surface area (Å²) in [6, 6.07) is 12.5. The summed E-state index contributed by atoms with van der Waals surface area (Å²) in [5.41, 5.74) is 1.03. The number of anilines is 4. The maximum absolute atomic E-state index is 12.7. The molecule has 0 radical (unpaired) electrons. The monoisotopic (exact) mass is 465 g/mol. The lowest BCUT2D eigenvalue weighted by molar-refractivity contribution is 0.0958. The van der Waals surface area contributed by atoms with Crippen LogP contribution in [0.2, 0.25) is 5.02 Å². The number of nitrogens with one attached hydrogen (secondary N) is 4. The molecule has 3 heterocycles. The highest BCUT2D eigenvalue weighted by Gasteiger charge is 2.18. The van der Waals surface area contributed by atoms with Crippen LogP contribution in [0.25, 0.3) is 0 Å². The number of amides is 1. The highest BCUT2D eigenvalue weighted by molar-refractivity contribution is 6.30. The number of aromatic nitrogens is 3. The lowest BCUT2D eigenvalue weighted by atomic mass is 10.2. The standard InChI is InChI=1S/C23H24ClN7O2/c1-2-11-26-22(32)18-14-27-23(28-16-8-6-15(24)7-9-16)31-21(18)30-19-4-3-5-20(29-19)33-17-10-12-25-13-17/h2-9,14,17,25H,1,10-13H2,(H,26,32)(H2,27,28,29,30,31). The molecule has 1 aliphatic rings. The number of hydrogen-bond donors (Lipinski definition) is 4. The Morgan fingerprint density at radius 3 is 2.82 bits per heavy atom. The van der Waals surface area contributed by atoms with Crippen LogP contribution in [0.4, 0.5) is 23.3 Å². The molecule has 4 N–H and O–H groups in total. The second-order valence-corrected chi connectivity index (χ2v) is 7.74. The average Bonchev–Trinajstić information content (AvgIpc) is 3.32. The molecule has 0 aliphatic carbocycles. The minimum atomic E-state index is -0.333. The fraction of sp³-hybridized carbons (Fsp3) is 0.217. The van der Waals surface area contributed by atoms with Crippen molar-refractivity contribution in [1.82, 2.24) is 25.6 Å². The number of hydrogen-bond acceptors (Lipinski definition) is 8. The third-order valence-corrected chi connectivity index (χ3v) is 5.07. The third-order valence-electron chi connectivity index (χ3n) is 4.81. The maximum Gasteiger partial charge on any atom is 0.256 e. The third kappa shape index (κ3) is 6.18. The number of carbonyl (C=O) groups is 1. The Morgan fingerprint density at radius 1 is 1.21 bits per heavy atom. The molecule has 0 saturated carbocycles. The van der Waals surface area contributed by atoms with Crippen molar-refractivity contribution in [3.63, 3.8) is 0 Å². The molecule has 1 unspecified atom stereocenters. The highest BCUT2D eigenvalue weighted by Crippen LogP contribution is 2.23. The molecule has 33 heavy (non-hydrogen) atoms. The number of benzene rings is 1. The summed E-state index contributed by atoms with van der Waals surface area (Å²) in [5, 5.41) is 12.9. The van der Waals surface area contributed by atoms with E-state index in [0.29, 0.717) is 35.0 Å². The zero-order valence-corrected chi connectivity index (χ0v) is 18.6. The number of halogens is 1. The predicted molar refractivity (Wildman–Crippen MR) is 129 cm³/mol. The van der Waals surface area contributed by atoms with E-state index in [9.17, 15) is 4.79 Å². The summed E-state index contributed by atoms with van der Waals surface area (Å²) in [7, 11) is 0. The van der Waals surface area contributed by atoms with Gasteiger partial charge in [0.25, 0.3) is 5.91 Å². The van der Waals surface area contributed by atoms with Crippen molar-refractivity contribution in [1.29, 1.82) is 0 Å². The van der Waals surface area contributed by atoms with Gasteiger partial charge in [-0.1, -0.05) is 23.7 Å². The molecule has 1 aliphatic heterocycles. The van der Waals surface area contributed by atoms with E-state index in [0.717, 1.165) is 25.2 Å². The Morgan fingerprint density at radius 2 is 2.06 bits per heavy atom. The molecule has 4 rings (SSSR count). The molecule has 0 spiro atoms. The Balaban J connectivity index is 1.58. The Labute approximate surface area is 196 Å². The molecule has 1 amide bonds. The van der Waals surface area contributed by atoms with Crippen molar-refractivity contribution in [2.24, 2.45) is 0 Å². The fourth-order valence-corrected chi connectivity index (χ4v) is 3.32. The van der Waals surface area contributed by atoms with E-state index in [1.165, 1.54) is 6.20 Å². The summed E-state index contributed by atoms with van der Waals surface area (Å²) in [6.07, 6.45) is 4.07. The van der Waals surface area contributed by atoms with Crippen LogP contribution in [0.3, 0.4) is 0 Å². The lowest BCUT2D eigenvalue weighted by Gasteiger charge is -2.14. The fourth-order valence-electron chi connectivity index (χ4n) is 3.20. The van der Waals surface area contributed by atoms with Crippen LogP contribution in [-0.2, 0) is 0 Å².